The molecular formula is C23H25N5O2S. The van der Waals surface area contributed by atoms with Crippen LogP contribution in [0.3, 0.4) is 0 Å². The van der Waals surface area contributed by atoms with Crippen molar-refractivity contribution in [3.63, 3.8) is 0 Å². The highest BCUT2D eigenvalue weighted by molar-refractivity contribution is 7.91. The molecule has 7 nitrogen and oxygen atoms in total. The van der Waals surface area contributed by atoms with E-state index in [1.165, 1.54) is 6.26 Å². The summed E-state index contributed by atoms with van der Waals surface area (Å²) in [5, 5.41) is 15.7. The monoisotopic (exact) mass is 435 g/mol. The molecule has 0 amide bonds. The number of rotatable bonds is 6. The van der Waals surface area contributed by atoms with Crippen LogP contribution >= 0.6 is 0 Å². The molecule has 160 valence electrons. The van der Waals surface area contributed by atoms with Gasteiger partial charge in [-0.15, -0.1) is 0 Å². The van der Waals surface area contributed by atoms with Crippen LogP contribution in [0.2, 0.25) is 0 Å². The van der Waals surface area contributed by atoms with Crippen LogP contribution in [0.5, 0.6) is 0 Å². The molecule has 0 saturated heterocycles. The van der Waals surface area contributed by atoms with Crippen LogP contribution in [0.15, 0.2) is 59.6 Å². The number of benzene rings is 2. The predicted molar refractivity (Wildman–Crippen MR) is 124 cm³/mol. The third-order valence-corrected chi connectivity index (χ3v) is 5.65. The van der Waals surface area contributed by atoms with Crippen LogP contribution in [-0.2, 0) is 9.73 Å². The Bertz CT molecular complexity index is 1230. The average Bonchev–Trinajstić information content (AvgIpc) is 2.74. The number of nitrogens with one attached hydrogen (secondary N) is 3. The molecule has 3 aromatic rings. The van der Waals surface area contributed by atoms with Crippen LogP contribution in [0.25, 0.3) is 0 Å². The first-order chi connectivity index (χ1) is 14.8. The maximum absolute atomic E-state index is 11.8. The van der Waals surface area contributed by atoms with Crippen molar-refractivity contribution in [3.05, 3.63) is 71.4 Å². The van der Waals surface area contributed by atoms with Crippen molar-refractivity contribution in [2.24, 2.45) is 0 Å². The maximum Gasteiger partial charge on any atom is 0.229 e. The Labute approximate surface area is 183 Å². The zero-order valence-corrected chi connectivity index (χ0v) is 18.5. The quantitative estimate of drug-likeness (QED) is 0.439. The van der Waals surface area contributed by atoms with Crippen molar-refractivity contribution in [1.82, 2.24) is 9.97 Å². The zero-order chi connectivity index (χ0) is 22.4. The highest BCUT2D eigenvalue weighted by atomic mass is 32.2. The van der Waals surface area contributed by atoms with E-state index < -0.39 is 9.73 Å². The molecule has 0 spiro atoms. The summed E-state index contributed by atoms with van der Waals surface area (Å²) in [7, 11) is -2.76. The molecule has 0 radical (unpaired) electrons. The zero-order valence-electron chi connectivity index (χ0n) is 17.6. The van der Waals surface area contributed by atoms with Gasteiger partial charge in [-0.05, 0) is 49.7 Å². The van der Waals surface area contributed by atoms with E-state index in [4.69, 9.17) is 4.78 Å². The van der Waals surface area contributed by atoms with Gasteiger partial charge in [0.05, 0.1) is 28.1 Å². The number of hydrogen-bond acceptors (Lipinski definition) is 7. The van der Waals surface area contributed by atoms with Crippen LogP contribution in [0.4, 0.5) is 17.5 Å². The second kappa shape index (κ2) is 9.60. The highest BCUT2D eigenvalue weighted by Gasteiger charge is 2.10. The molecule has 2 aromatic carbocycles. The lowest BCUT2D eigenvalue weighted by Gasteiger charge is -2.14. The van der Waals surface area contributed by atoms with E-state index in [1.807, 2.05) is 38.1 Å². The Morgan fingerprint density at radius 1 is 1.13 bits per heavy atom. The summed E-state index contributed by atoms with van der Waals surface area (Å²) in [5.41, 5.74) is 3.32. The van der Waals surface area contributed by atoms with Gasteiger partial charge in [-0.1, -0.05) is 30.0 Å². The minimum Gasteiger partial charge on any atom is -0.394 e. The molecule has 4 N–H and O–H groups in total. The first-order valence-corrected chi connectivity index (χ1v) is 11.7. The summed E-state index contributed by atoms with van der Waals surface area (Å²) in [6, 6.07) is 14.4. The van der Waals surface area contributed by atoms with Crippen molar-refractivity contribution >= 4 is 27.2 Å². The summed E-state index contributed by atoms with van der Waals surface area (Å²) in [4.78, 5) is 9.33. The van der Waals surface area contributed by atoms with Crippen LogP contribution < -0.4 is 10.6 Å². The first kappa shape index (κ1) is 22.3. The van der Waals surface area contributed by atoms with Crippen molar-refractivity contribution < 1.29 is 9.32 Å². The Morgan fingerprint density at radius 2 is 1.81 bits per heavy atom. The maximum atomic E-state index is 11.8. The molecule has 1 unspecified atom stereocenters. The van der Waals surface area contributed by atoms with E-state index >= 15 is 0 Å². The van der Waals surface area contributed by atoms with Gasteiger partial charge in [-0.3, -0.25) is 0 Å². The molecule has 1 heterocycles. The molecule has 8 heteroatoms. The van der Waals surface area contributed by atoms with Gasteiger partial charge in [0.15, 0.2) is 0 Å². The standard InChI is InChI=1S/C23H25N5O2S/c1-16-6-4-5-7-18(16)8-9-19-14-25-23(28-22(19)26-17(2)15-29)27-20-10-12-21(13-11-20)31(3,24)30/h4-7,10-14,17,24,29H,15H2,1-3H3,(H2,25,26,27,28)/t17-,31?/m1/s1. The van der Waals surface area contributed by atoms with Crippen molar-refractivity contribution in [2.45, 2.75) is 24.8 Å². The molecule has 0 bridgehead atoms. The van der Waals surface area contributed by atoms with E-state index in [-0.39, 0.29) is 12.6 Å². The Kier molecular flexibility index (Phi) is 6.90. The largest absolute Gasteiger partial charge is 0.394 e. The van der Waals surface area contributed by atoms with E-state index in [9.17, 15) is 9.32 Å². The summed E-state index contributed by atoms with van der Waals surface area (Å²) in [6.45, 7) is 3.79. The van der Waals surface area contributed by atoms with E-state index in [0.29, 0.717) is 27.9 Å². The molecule has 3 rings (SSSR count). The fraction of sp³-hybridized carbons (Fsp3) is 0.217. The fourth-order valence-electron chi connectivity index (χ4n) is 2.70. The lowest BCUT2D eigenvalue weighted by molar-refractivity contribution is 0.281. The predicted octanol–water partition coefficient (Wildman–Crippen LogP) is 3.76. The summed E-state index contributed by atoms with van der Waals surface area (Å²) >= 11 is 0. The molecule has 1 aromatic heterocycles. The van der Waals surface area contributed by atoms with E-state index in [0.717, 1.165) is 11.1 Å². The lowest BCUT2D eigenvalue weighted by atomic mass is 10.1. The number of aliphatic hydroxyl groups is 1. The first-order valence-electron chi connectivity index (χ1n) is 9.69. The van der Waals surface area contributed by atoms with E-state index in [1.54, 1.807) is 30.5 Å². The second-order valence-corrected chi connectivity index (χ2v) is 9.40. The van der Waals surface area contributed by atoms with Crippen LogP contribution in [-0.4, -0.2) is 38.2 Å². The Balaban J connectivity index is 1.90. The van der Waals surface area contributed by atoms with Gasteiger partial charge in [-0.2, -0.15) is 4.98 Å². The topological polar surface area (TPSA) is 111 Å². The van der Waals surface area contributed by atoms with Crippen LogP contribution in [0.1, 0.15) is 23.6 Å². The molecule has 31 heavy (non-hydrogen) atoms. The molecule has 0 aliphatic heterocycles. The van der Waals surface area contributed by atoms with Crippen molar-refractivity contribution in [2.75, 3.05) is 23.5 Å². The van der Waals surface area contributed by atoms with Gasteiger partial charge in [0.2, 0.25) is 5.95 Å². The lowest BCUT2D eigenvalue weighted by Crippen LogP contribution is -2.21. The smallest absolute Gasteiger partial charge is 0.229 e. The minimum atomic E-state index is -2.76. The van der Waals surface area contributed by atoms with Gasteiger partial charge in [0.1, 0.15) is 5.82 Å². The normalized spacial score (nSPS) is 13.4. The van der Waals surface area contributed by atoms with Crippen molar-refractivity contribution in [1.29, 1.82) is 4.78 Å². The summed E-state index contributed by atoms with van der Waals surface area (Å²) < 4.78 is 19.5. The second-order valence-electron chi connectivity index (χ2n) is 7.24. The Hall–Kier alpha value is -3.41. The number of anilines is 3. The minimum absolute atomic E-state index is 0.0533. The average molecular weight is 436 g/mol. The number of aryl methyl sites for hydroxylation is 1. The van der Waals surface area contributed by atoms with Crippen LogP contribution in [0, 0.1) is 23.5 Å². The van der Waals surface area contributed by atoms with Crippen molar-refractivity contribution in [3.8, 4) is 11.8 Å². The third kappa shape index (κ3) is 6.04. The molecule has 0 aliphatic rings. The fourth-order valence-corrected chi connectivity index (χ4v) is 3.35. The van der Waals surface area contributed by atoms with Gasteiger partial charge >= 0.3 is 0 Å². The Morgan fingerprint density at radius 3 is 2.45 bits per heavy atom. The molecule has 0 saturated carbocycles. The molecule has 2 atom stereocenters. The molecule has 0 fully saturated rings. The van der Waals surface area contributed by atoms with Gasteiger partial charge < -0.3 is 15.7 Å². The molecular weight excluding hydrogens is 410 g/mol. The summed E-state index contributed by atoms with van der Waals surface area (Å²) in [5.74, 6) is 7.13. The number of nitrogens with zero attached hydrogens (tertiary/aromatic N) is 2. The van der Waals surface area contributed by atoms with E-state index in [2.05, 4.69) is 32.4 Å². The van der Waals surface area contributed by atoms with Gasteiger partial charge in [0.25, 0.3) is 0 Å². The number of aliphatic hydroxyl groups excluding tert-OH is 1. The SMILES string of the molecule is Cc1ccccc1C#Cc1cnc(Nc2ccc(S(C)(=N)=O)cc2)nc1N[C@H](C)CO. The highest BCUT2D eigenvalue weighted by Crippen LogP contribution is 2.20. The summed E-state index contributed by atoms with van der Waals surface area (Å²) in [6.07, 6.45) is 3.01. The molecule has 0 aliphatic carbocycles. The number of aromatic nitrogens is 2. The number of hydrogen-bond donors (Lipinski definition) is 4. The third-order valence-electron chi connectivity index (χ3n) is 4.48. The van der Waals surface area contributed by atoms with Gasteiger partial charge in [-0.25, -0.2) is 14.0 Å². The van der Waals surface area contributed by atoms with Gasteiger partial charge in [0, 0.05) is 28.4 Å².